The largest absolute Gasteiger partial charge is 0.342 e. The van der Waals surface area contributed by atoms with Crippen molar-refractivity contribution in [3.8, 4) is 11.4 Å². The number of nitrogens with zero attached hydrogens (tertiary/aromatic N) is 5. The smallest absolute Gasteiger partial charge is 0.227 e. The molecular formula is C27H26ClF2N5O. The van der Waals surface area contributed by atoms with Gasteiger partial charge in [0.1, 0.15) is 5.69 Å². The monoisotopic (exact) mass is 509 g/mol. The molecule has 0 N–H and O–H groups in total. The molecule has 36 heavy (non-hydrogen) atoms. The van der Waals surface area contributed by atoms with Crippen LogP contribution in [-0.4, -0.2) is 43.5 Å². The van der Waals surface area contributed by atoms with E-state index in [0.717, 1.165) is 41.5 Å². The van der Waals surface area contributed by atoms with Gasteiger partial charge in [-0.2, -0.15) is 0 Å². The zero-order chi connectivity index (χ0) is 25.4. The molecule has 0 saturated carbocycles. The quantitative estimate of drug-likeness (QED) is 0.354. The molecule has 0 radical (unpaired) electrons. The highest BCUT2D eigenvalue weighted by Crippen LogP contribution is 2.28. The predicted molar refractivity (Wildman–Crippen MR) is 134 cm³/mol. The Kier molecular flexibility index (Phi) is 6.62. The van der Waals surface area contributed by atoms with Gasteiger partial charge in [0.25, 0.3) is 0 Å². The molecule has 9 heteroatoms. The summed E-state index contributed by atoms with van der Waals surface area (Å²) < 4.78 is 31.2. The van der Waals surface area contributed by atoms with Gasteiger partial charge in [-0.15, -0.1) is 5.10 Å². The average molecular weight is 510 g/mol. The van der Waals surface area contributed by atoms with Crippen LogP contribution in [0.15, 0.2) is 54.7 Å². The average Bonchev–Trinajstić information content (AvgIpc) is 3.46. The van der Waals surface area contributed by atoms with Crippen LogP contribution >= 0.6 is 11.6 Å². The number of carbonyl (C=O) groups is 1. The molecule has 1 atom stereocenters. The maximum atomic E-state index is 14.2. The maximum absolute atomic E-state index is 14.2. The number of carbonyl (C=O) groups excluding carboxylic acids is 1. The number of piperidine rings is 1. The van der Waals surface area contributed by atoms with Crippen molar-refractivity contribution in [2.45, 2.75) is 39.0 Å². The Morgan fingerprint density at radius 2 is 1.92 bits per heavy atom. The maximum Gasteiger partial charge on any atom is 0.227 e. The summed E-state index contributed by atoms with van der Waals surface area (Å²) in [6, 6.07) is 13.6. The van der Waals surface area contributed by atoms with Gasteiger partial charge in [-0.25, -0.2) is 13.5 Å². The van der Waals surface area contributed by atoms with Crippen LogP contribution in [-0.2, 0) is 11.2 Å². The second-order valence-electron chi connectivity index (χ2n) is 9.22. The number of hydrogen-bond donors (Lipinski definition) is 0. The van der Waals surface area contributed by atoms with Crippen molar-refractivity contribution in [3.63, 3.8) is 0 Å². The van der Waals surface area contributed by atoms with Crippen molar-refractivity contribution >= 4 is 17.5 Å². The van der Waals surface area contributed by atoms with Gasteiger partial charge >= 0.3 is 0 Å². The van der Waals surface area contributed by atoms with Crippen molar-refractivity contribution < 1.29 is 13.6 Å². The third-order valence-corrected chi connectivity index (χ3v) is 7.10. The molecule has 1 fully saturated rings. The van der Waals surface area contributed by atoms with Gasteiger partial charge in [0.2, 0.25) is 5.91 Å². The number of hydrogen-bond acceptors (Lipinski definition) is 3. The molecule has 0 spiro atoms. The first kappa shape index (κ1) is 24.2. The third-order valence-electron chi connectivity index (χ3n) is 6.84. The first-order chi connectivity index (χ1) is 17.3. The van der Waals surface area contributed by atoms with E-state index in [2.05, 4.69) is 20.9 Å². The molecular weight excluding hydrogens is 484 g/mol. The van der Waals surface area contributed by atoms with Gasteiger partial charge in [-0.05, 0) is 74.7 Å². The normalized spacial score (nSPS) is 15.9. The molecule has 2 aromatic heterocycles. The Labute approximate surface area is 213 Å². The Morgan fingerprint density at radius 3 is 2.69 bits per heavy atom. The molecule has 1 aliphatic heterocycles. The molecule has 0 bridgehead atoms. The minimum absolute atomic E-state index is 0.00790. The summed E-state index contributed by atoms with van der Waals surface area (Å²) >= 11 is 6.04. The number of halogens is 3. The van der Waals surface area contributed by atoms with Gasteiger partial charge in [0.05, 0.1) is 18.3 Å². The second kappa shape index (κ2) is 9.85. The van der Waals surface area contributed by atoms with Crippen molar-refractivity contribution in [2.75, 3.05) is 13.1 Å². The van der Waals surface area contributed by atoms with Crippen molar-refractivity contribution in [3.05, 3.63) is 94.0 Å². The summed E-state index contributed by atoms with van der Waals surface area (Å²) in [4.78, 5) is 15.1. The van der Waals surface area contributed by atoms with E-state index in [9.17, 15) is 13.6 Å². The topological polar surface area (TPSA) is 56.0 Å². The number of likely N-dealkylation sites (tertiary alicyclic amines) is 1. The van der Waals surface area contributed by atoms with Crippen LogP contribution in [0.3, 0.4) is 0 Å². The van der Waals surface area contributed by atoms with Crippen molar-refractivity contribution in [2.24, 2.45) is 0 Å². The summed E-state index contributed by atoms with van der Waals surface area (Å²) in [5, 5.41) is 8.89. The molecule has 3 heterocycles. The van der Waals surface area contributed by atoms with E-state index < -0.39 is 11.6 Å². The van der Waals surface area contributed by atoms with Gasteiger partial charge in [0, 0.05) is 41.1 Å². The Bertz CT molecular complexity index is 1410. The van der Waals surface area contributed by atoms with E-state index in [1.54, 1.807) is 6.20 Å². The van der Waals surface area contributed by atoms with E-state index in [-0.39, 0.29) is 17.5 Å². The van der Waals surface area contributed by atoms with Gasteiger partial charge in [0.15, 0.2) is 11.6 Å². The Morgan fingerprint density at radius 1 is 1.14 bits per heavy atom. The number of aromatic nitrogens is 4. The van der Waals surface area contributed by atoms with Crippen LogP contribution in [0.5, 0.6) is 0 Å². The van der Waals surface area contributed by atoms with Gasteiger partial charge in [-0.3, -0.25) is 4.79 Å². The molecule has 5 rings (SSSR count). The van der Waals surface area contributed by atoms with Gasteiger partial charge < -0.3 is 9.47 Å². The molecule has 6 nitrogen and oxygen atoms in total. The lowest BCUT2D eigenvalue weighted by Gasteiger charge is -2.32. The number of benzene rings is 2. The van der Waals surface area contributed by atoms with Crippen LogP contribution < -0.4 is 0 Å². The van der Waals surface area contributed by atoms with E-state index in [4.69, 9.17) is 11.6 Å². The lowest BCUT2D eigenvalue weighted by atomic mass is 9.95. The van der Waals surface area contributed by atoms with E-state index in [0.29, 0.717) is 30.2 Å². The number of aryl methyl sites for hydroxylation is 1. The number of amides is 1. The standard InChI is InChI=1S/C27H26ClF2N5O/c1-17-13-20(18(2)35(17)22-10-8-21(28)9-11-22)14-26(36)33-12-4-5-19(15-33)24-16-34(32-31-24)25-7-3-6-23(29)27(25)30/h3,6-11,13,16,19H,4-5,12,14-15H2,1-2H3. The van der Waals surface area contributed by atoms with Crippen LogP contribution in [0.2, 0.25) is 5.02 Å². The highest BCUT2D eigenvalue weighted by Gasteiger charge is 2.28. The molecule has 1 unspecified atom stereocenters. The van der Waals surface area contributed by atoms with Crippen LogP contribution in [0, 0.1) is 25.5 Å². The third kappa shape index (κ3) is 4.65. The lowest BCUT2D eigenvalue weighted by molar-refractivity contribution is -0.131. The lowest BCUT2D eigenvalue weighted by Crippen LogP contribution is -2.40. The summed E-state index contributed by atoms with van der Waals surface area (Å²) in [6.45, 7) is 5.24. The minimum atomic E-state index is -0.967. The predicted octanol–water partition coefficient (Wildman–Crippen LogP) is 5.56. The molecule has 1 saturated heterocycles. The van der Waals surface area contributed by atoms with Crippen LogP contribution in [0.1, 0.15) is 41.4 Å². The molecule has 2 aromatic carbocycles. The zero-order valence-electron chi connectivity index (χ0n) is 20.1. The summed E-state index contributed by atoms with van der Waals surface area (Å²) in [7, 11) is 0. The zero-order valence-corrected chi connectivity index (χ0v) is 20.8. The molecule has 0 aliphatic carbocycles. The van der Waals surface area contributed by atoms with Crippen molar-refractivity contribution in [1.82, 2.24) is 24.5 Å². The van der Waals surface area contributed by atoms with E-state index in [1.165, 1.54) is 16.8 Å². The molecule has 1 amide bonds. The van der Waals surface area contributed by atoms with Crippen molar-refractivity contribution in [1.29, 1.82) is 0 Å². The Hall–Kier alpha value is -3.52. The molecule has 186 valence electrons. The first-order valence-corrected chi connectivity index (χ1v) is 12.3. The van der Waals surface area contributed by atoms with E-state index >= 15 is 0 Å². The SMILES string of the molecule is Cc1cc(CC(=O)N2CCCC(c3cn(-c4cccc(F)c4F)nn3)C2)c(C)n1-c1ccc(Cl)cc1. The summed E-state index contributed by atoms with van der Waals surface area (Å²) in [6.07, 6.45) is 3.61. The minimum Gasteiger partial charge on any atom is -0.342 e. The fourth-order valence-corrected chi connectivity index (χ4v) is 5.09. The molecule has 4 aromatic rings. The van der Waals surface area contributed by atoms with E-state index in [1.807, 2.05) is 43.0 Å². The summed E-state index contributed by atoms with van der Waals surface area (Å²) in [5.74, 6) is -1.87. The Balaban J connectivity index is 1.30. The fourth-order valence-electron chi connectivity index (χ4n) is 4.97. The highest BCUT2D eigenvalue weighted by molar-refractivity contribution is 6.30. The first-order valence-electron chi connectivity index (χ1n) is 11.9. The van der Waals surface area contributed by atoms with Gasteiger partial charge in [-0.1, -0.05) is 22.9 Å². The van der Waals surface area contributed by atoms with Crippen LogP contribution in [0.4, 0.5) is 8.78 Å². The molecule has 1 aliphatic rings. The summed E-state index contributed by atoms with van der Waals surface area (Å²) in [5.41, 5.74) is 4.74. The fraction of sp³-hybridized carbons (Fsp3) is 0.296. The van der Waals surface area contributed by atoms with Crippen LogP contribution in [0.25, 0.3) is 11.4 Å². The second-order valence-corrected chi connectivity index (χ2v) is 9.66. The number of rotatable bonds is 5. The highest BCUT2D eigenvalue weighted by atomic mass is 35.5.